The molecule has 2 aromatic carbocycles. The van der Waals surface area contributed by atoms with E-state index < -0.39 is 28.9 Å². The first-order chi connectivity index (χ1) is 29.2. The predicted molar refractivity (Wildman–Crippen MR) is 228 cm³/mol. The number of rotatable bonds is 20. The fraction of sp³-hybridized carbons (Fsp3) is 0.263. The number of nitrogens with zero attached hydrogens (tertiary/aromatic N) is 6. The summed E-state index contributed by atoms with van der Waals surface area (Å²) >= 11 is 1.68. The second-order valence-corrected chi connectivity index (χ2v) is 17.3. The number of phosphoric acid groups is 2. The average Bonchev–Trinajstić information content (AvgIpc) is 3.22. The number of carbonyl (C=O) groups excluding carboxylic acids is 4. The number of phosphoric ester groups is 2. The number of allylic oxidation sites excluding steroid dienone is 2. The minimum absolute atomic E-state index is 0. The Kier molecular flexibility index (Phi) is 22.7. The summed E-state index contributed by atoms with van der Waals surface area (Å²) in [4.78, 5) is 108. The van der Waals surface area contributed by atoms with Crippen LogP contribution in [-0.2, 0) is 57.9 Å². The Morgan fingerprint density at radius 2 is 1.03 bits per heavy atom. The van der Waals surface area contributed by atoms with Crippen LogP contribution in [0.2, 0.25) is 0 Å². The smallest absolute Gasteiger partial charge is 0.756 e. The third kappa shape index (κ3) is 19.4. The summed E-state index contributed by atoms with van der Waals surface area (Å²) in [6, 6.07) is 16.9. The summed E-state index contributed by atoms with van der Waals surface area (Å²) < 4.78 is 30.6. The fourth-order valence-electron chi connectivity index (χ4n) is 5.03. The molecule has 2 atom stereocenters. The van der Waals surface area contributed by atoms with Crippen LogP contribution in [0, 0.1) is 13.8 Å². The van der Waals surface area contributed by atoms with E-state index in [1.807, 2.05) is 0 Å². The van der Waals surface area contributed by atoms with Gasteiger partial charge in [-0.05, 0) is 51.2 Å². The van der Waals surface area contributed by atoms with Crippen LogP contribution in [0.5, 0.6) is 0 Å². The number of hydrogen-bond donors (Lipinski definition) is 4. The van der Waals surface area contributed by atoms with Crippen LogP contribution in [0.15, 0.2) is 94.3 Å². The Bertz CT molecular complexity index is 2190. The molecule has 4 aromatic rings. The second kappa shape index (κ2) is 26.3. The van der Waals surface area contributed by atoms with Crippen molar-refractivity contribution in [1.29, 1.82) is 0 Å². The van der Waals surface area contributed by atoms with E-state index in [0.29, 0.717) is 67.9 Å². The molecular formula is C38H44CuN8O12P2S2. The number of nitrogens with two attached hydrogens (primary N) is 2. The summed E-state index contributed by atoms with van der Waals surface area (Å²) in [6.07, 6.45) is 4.07. The summed E-state index contributed by atoms with van der Waals surface area (Å²) in [7, 11) is -9.85. The van der Waals surface area contributed by atoms with Gasteiger partial charge in [-0.1, -0.05) is 60.7 Å². The van der Waals surface area contributed by atoms with Gasteiger partial charge >= 0.3 is 17.1 Å². The van der Waals surface area contributed by atoms with Gasteiger partial charge in [-0.25, -0.2) is 19.9 Å². The van der Waals surface area contributed by atoms with Gasteiger partial charge in [0.25, 0.3) is 15.6 Å². The molecule has 2 heterocycles. The van der Waals surface area contributed by atoms with Crippen molar-refractivity contribution < 1.29 is 74.0 Å². The van der Waals surface area contributed by atoms with Crippen LogP contribution in [0.3, 0.4) is 0 Å². The first-order valence-corrected chi connectivity index (χ1v) is 22.7. The van der Waals surface area contributed by atoms with E-state index in [0.717, 1.165) is 23.5 Å². The maximum atomic E-state index is 12.7. The molecule has 20 nitrogen and oxygen atoms in total. The predicted octanol–water partition coefficient (Wildman–Crippen LogP) is 3.99. The molecule has 25 heteroatoms. The molecule has 0 aliphatic carbocycles. The van der Waals surface area contributed by atoms with Gasteiger partial charge in [-0.15, -0.1) is 0 Å². The van der Waals surface area contributed by atoms with Crippen molar-refractivity contribution in [2.24, 2.45) is 0 Å². The van der Waals surface area contributed by atoms with E-state index in [4.69, 9.17) is 21.3 Å². The zero-order valence-electron chi connectivity index (χ0n) is 34.2. The number of amides is 2. The van der Waals surface area contributed by atoms with Crippen LogP contribution in [0.1, 0.15) is 70.2 Å². The van der Waals surface area contributed by atoms with Gasteiger partial charge in [0.2, 0.25) is 23.1 Å². The van der Waals surface area contributed by atoms with Gasteiger partial charge in [-0.3, -0.25) is 28.3 Å². The number of anilines is 2. The molecule has 341 valence electrons. The SMILES string of the molecule is C/C(=C(\CCOP(=O)([O-])O)SC(=O)c1ccccc1)N(C=O)Cc1cnc(C)nc1N.C/C(=C(\CCOP(=O)([O-])O)SC(=O)c1ccccc1)N(C=O)Cc1cnc(C)nc1N.[Cu+2]. The minimum Gasteiger partial charge on any atom is -0.756 e. The van der Waals surface area contributed by atoms with E-state index in [-0.39, 0.29) is 64.9 Å². The van der Waals surface area contributed by atoms with Gasteiger partial charge in [-0.2, -0.15) is 0 Å². The second-order valence-electron chi connectivity index (χ2n) is 12.8. The van der Waals surface area contributed by atoms with Crippen LogP contribution in [0.4, 0.5) is 11.6 Å². The number of hydrogen-bond acceptors (Lipinski definition) is 18. The number of benzene rings is 2. The van der Waals surface area contributed by atoms with Gasteiger partial charge in [0.1, 0.15) is 23.3 Å². The summed E-state index contributed by atoms with van der Waals surface area (Å²) in [5.41, 5.74) is 14.5. The van der Waals surface area contributed by atoms with Crippen molar-refractivity contribution in [1.82, 2.24) is 29.7 Å². The number of aryl methyl sites for hydroxylation is 2. The molecule has 0 aliphatic rings. The van der Waals surface area contributed by atoms with E-state index >= 15 is 0 Å². The maximum Gasteiger partial charge on any atom is 2.00 e. The number of nitrogen functional groups attached to an aromatic ring is 2. The fourth-order valence-corrected chi connectivity index (χ4v) is 7.54. The first kappa shape index (κ1) is 54.5. The zero-order valence-corrected chi connectivity index (χ0v) is 38.5. The van der Waals surface area contributed by atoms with Crippen molar-refractivity contribution in [3.63, 3.8) is 0 Å². The van der Waals surface area contributed by atoms with Crippen LogP contribution < -0.4 is 21.3 Å². The largest absolute Gasteiger partial charge is 2.00 e. The minimum atomic E-state index is -4.92. The number of thioether (sulfide) groups is 2. The van der Waals surface area contributed by atoms with Crippen molar-refractivity contribution in [2.45, 2.75) is 53.6 Å². The molecule has 0 spiro atoms. The Morgan fingerprint density at radius 1 is 0.698 bits per heavy atom. The Balaban J connectivity index is 0.000000427. The van der Waals surface area contributed by atoms with Gasteiger partial charge in [0, 0.05) is 68.7 Å². The topological polar surface area (TPSA) is 318 Å². The molecule has 2 amide bonds. The third-order valence-electron chi connectivity index (χ3n) is 8.26. The molecule has 63 heavy (non-hydrogen) atoms. The van der Waals surface area contributed by atoms with Crippen molar-refractivity contribution >= 4 is 73.9 Å². The molecule has 6 N–H and O–H groups in total. The van der Waals surface area contributed by atoms with Crippen LogP contribution >= 0.6 is 39.2 Å². The molecule has 0 saturated carbocycles. The van der Waals surface area contributed by atoms with Gasteiger partial charge < -0.3 is 49.9 Å². The molecule has 4 rings (SSSR count). The quantitative estimate of drug-likeness (QED) is 0.0552. The zero-order chi connectivity index (χ0) is 46.0. The van der Waals surface area contributed by atoms with E-state index in [9.17, 15) is 38.1 Å². The van der Waals surface area contributed by atoms with Crippen LogP contribution in [0.25, 0.3) is 0 Å². The number of carbonyl (C=O) groups is 4. The van der Waals surface area contributed by atoms with Crippen molar-refractivity contribution in [2.75, 3.05) is 24.7 Å². The molecule has 1 radical (unpaired) electrons. The van der Waals surface area contributed by atoms with E-state index in [1.165, 1.54) is 22.2 Å². The Hall–Kier alpha value is -4.60. The maximum absolute atomic E-state index is 12.7. The molecule has 0 aliphatic heterocycles. The normalized spacial score (nSPS) is 13.6. The molecular weight excluding hydrogens is 950 g/mol. The van der Waals surface area contributed by atoms with Gasteiger partial charge in [0.05, 0.1) is 26.3 Å². The van der Waals surface area contributed by atoms with E-state index in [2.05, 4.69) is 29.0 Å². The molecule has 2 aromatic heterocycles. The van der Waals surface area contributed by atoms with Crippen molar-refractivity contribution in [3.8, 4) is 0 Å². The molecule has 0 fully saturated rings. The summed E-state index contributed by atoms with van der Waals surface area (Å²) in [6.45, 7) is 5.87. The average molecular weight is 994 g/mol. The summed E-state index contributed by atoms with van der Waals surface area (Å²) in [5, 5.41) is -0.596. The Labute approximate surface area is 382 Å². The van der Waals surface area contributed by atoms with Crippen molar-refractivity contribution in [3.05, 3.63) is 128 Å². The molecule has 0 saturated heterocycles. The third-order valence-corrected chi connectivity index (χ3v) is 11.6. The summed E-state index contributed by atoms with van der Waals surface area (Å²) in [5.74, 6) is 1.41. The monoisotopic (exact) mass is 993 g/mol. The van der Waals surface area contributed by atoms with Crippen LogP contribution in [-0.4, -0.2) is 75.8 Å². The van der Waals surface area contributed by atoms with E-state index in [1.54, 1.807) is 88.4 Å². The molecule has 2 unspecified atom stereocenters. The number of aromatic nitrogens is 4. The standard InChI is InChI=1S/2C19H23N4O6PS.Cu/c2*1-13(23(12-24)11-16-10-21-14(2)22-18(16)20)17(8-9-29-30(26,27)28)31-19(25)15-6-4-3-5-7-15;/h2*3-7,10,12H,8-9,11H2,1-2H3,(H2,20,21,22)(H2,26,27,28);/q;;+2/p-2/b2*17-13-;. The first-order valence-electron chi connectivity index (χ1n) is 18.1. The Morgan fingerprint density at radius 3 is 1.32 bits per heavy atom. The molecule has 0 bridgehead atoms. The van der Waals surface area contributed by atoms with Gasteiger partial charge in [0.15, 0.2) is 0 Å².